The summed E-state index contributed by atoms with van der Waals surface area (Å²) in [5, 5.41) is 3.19. The van der Waals surface area contributed by atoms with Gasteiger partial charge in [-0.1, -0.05) is 19.3 Å². The summed E-state index contributed by atoms with van der Waals surface area (Å²) in [6, 6.07) is 9.22. The van der Waals surface area contributed by atoms with Gasteiger partial charge in [-0.05, 0) is 54.8 Å². The molecule has 10 heteroatoms. The Bertz CT molecular complexity index is 1240. The third-order valence-electron chi connectivity index (χ3n) is 6.81. The van der Waals surface area contributed by atoms with Crippen molar-refractivity contribution in [3.05, 3.63) is 66.2 Å². The Morgan fingerprint density at radius 2 is 1.56 bits per heavy atom. The Balaban J connectivity index is 1.90. The average molecular weight is 535 g/mol. The predicted octanol–water partition coefficient (Wildman–Crippen LogP) is 4.35. The van der Waals surface area contributed by atoms with Gasteiger partial charge in [0.05, 0.1) is 34.6 Å². The van der Waals surface area contributed by atoms with Gasteiger partial charge in [-0.15, -0.1) is 0 Å². The first-order valence-corrected chi connectivity index (χ1v) is 12.8. The number of hydrogen-bond acceptors (Lipinski definition) is 8. The van der Waals surface area contributed by atoms with Crippen molar-refractivity contribution < 1.29 is 28.5 Å². The summed E-state index contributed by atoms with van der Waals surface area (Å²) < 4.78 is 22.0. The lowest BCUT2D eigenvalue weighted by Crippen LogP contribution is -2.47. The fraction of sp³-hybridized carbons (Fsp3) is 0.379. The summed E-state index contributed by atoms with van der Waals surface area (Å²) >= 11 is 0. The molecule has 1 aliphatic carbocycles. The fourth-order valence-electron chi connectivity index (χ4n) is 4.86. The largest absolute Gasteiger partial charge is 0.497 e. The summed E-state index contributed by atoms with van der Waals surface area (Å²) in [5.41, 5.74) is 1.05. The zero-order valence-electron chi connectivity index (χ0n) is 22.7. The lowest BCUT2D eigenvalue weighted by Gasteiger charge is -2.33. The van der Waals surface area contributed by atoms with Gasteiger partial charge in [0.1, 0.15) is 17.5 Å². The van der Waals surface area contributed by atoms with Crippen LogP contribution >= 0.6 is 0 Å². The number of methoxy groups -OCH3 is 4. The van der Waals surface area contributed by atoms with Crippen LogP contribution in [0.5, 0.6) is 23.0 Å². The van der Waals surface area contributed by atoms with Gasteiger partial charge in [-0.2, -0.15) is 0 Å². The number of carbonyl (C=O) groups excluding carboxylic acids is 2. The van der Waals surface area contributed by atoms with E-state index in [9.17, 15) is 9.59 Å². The van der Waals surface area contributed by atoms with Gasteiger partial charge in [0.25, 0.3) is 5.91 Å². The van der Waals surface area contributed by atoms with Crippen LogP contribution in [0.1, 0.15) is 54.2 Å². The van der Waals surface area contributed by atoms with E-state index in [-0.39, 0.29) is 17.6 Å². The van der Waals surface area contributed by atoms with Crippen LogP contribution in [0.3, 0.4) is 0 Å². The lowest BCUT2D eigenvalue weighted by molar-refractivity contribution is -0.123. The van der Waals surface area contributed by atoms with E-state index in [1.807, 2.05) is 0 Å². The number of amides is 2. The first-order valence-electron chi connectivity index (χ1n) is 12.8. The fourth-order valence-corrected chi connectivity index (χ4v) is 4.86. The van der Waals surface area contributed by atoms with Crippen LogP contribution in [0, 0.1) is 0 Å². The Morgan fingerprint density at radius 1 is 0.897 bits per heavy atom. The van der Waals surface area contributed by atoms with Crippen LogP contribution in [0.25, 0.3) is 0 Å². The third kappa shape index (κ3) is 6.22. The minimum absolute atomic E-state index is 0.0140. The van der Waals surface area contributed by atoms with Crippen molar-refractivity contribution >= 4 is 17.5 Å². The SMILES string of the molecule is COc1ccc(N(C(=O)c2cnccn2)[C@H](C(=O)NC2CCCCC2)c2cc(OC)c(OC)c(OC)c2)cc1. The van der Waals surface area contributed by atoms with Gasteiger partial charge in [0, 0.05) is 24.1 Å². The van der Waals surface area contributed by atoms with Crippen LogP contribution < -0.4 is 29.2 Å². The van der Waals surface area contributed by atoms with Crippen molar-refractivity contribution in [1.82, 2.24) is 15.3 Å². The van der Waals surface area contributed by atoms with E-state index in [0.29, 0.717) is 34.2 Å². The molecule has 0 radical (unpaired) electrons. The number of aromatic nitrogens is 2. The highest BCUT2D eigenvalue weighted by molar-refractivity contribution is 6.09. The minimum Gasteiger partial charge on any atom is -0.497 e. The summed E-state index contributed by atoms with van der Waals surface area (Å²) in [4.78, 5) is 37.9. The van der Waals surface area contributed by atoms with Crippen LogP contribution in [0.4, 0.5) is 5.69 Å². The first kappa shape index (κ1) is 27.7. The highest BCUT2D eigenvalue weighted by Gasteiger charge is 2.36. The molecule has 1 atom stereocenters. The van der Waals surface area contributed by atoms with E-state index in [2.05, 4.69) is 15.3 Å². The number of nitrogens with one attached hydrogen (secondary N) is 1. The number of rotatable bonds is 10. The molecule has 2 amide bonds. The van der Waals surface area contributed by atoms with Crippen molar-refractivity contribution in [1.29, 1.82) is 0 Å². The standard InChI is InChI=1S/C29H34N4O6/c1-36-22-12-10-21(11-13-22)33(29(35)23-18-30-14-15-31-23)26(28(34)32-20-8-6-5-7-9-20)19-16-24(37-2)27(39-4)25(17-19)38-3/h10-18,20,26H,5-9H2,1-4H3,(H,32,34)/t26-/m0/s1. The first-order chi connectivity index (χ1) is 19.0. The van der Waals surface area contributed by atoms with E-state index in [0.717, 1.165) is 32.1 Å². The molecule has 3 aromatic rings. The van der Waals surface area contributed by atoms with Crippen molar-refractivity contribution in [2.24, 2.45) is 0 Å². The summed E-state index contributed by atoms with van der Waals surface area (Å²) in [5.74, 6) is 0.899. The molecule has 0 aliphatic heterocycles. The molecule has 10 nitrogen and oxygen atoms in total. The van der Waals surface area contributed by atoms with Gasteiger partial charge < -0.3 is 24.3 Å². The molecular formula is C29H34N4O6. The molecule has 0 unspecified atom stereocenters. The lowest BCUT2D eigenvalue weighted by atomic mass is 9.94. The smallest absolute Gasteiger partial charge is 0.279 e. The molecule has 1 N–H and O–H groups in total. The molecule has 2 aromatic carbocycles. The number of benzene rings is 2. The molecule has 1 aliphatic rings. The Hall–Kier alpha value is -4.34. The number of ether oxygens (including phenoxy) is 4. The highest BCUT2D eigenvalue weighted by Crippen LogP contribution is 2.42. The molecule has 1 aromatic heterocycles. The van der Waals surface area contributed by atoms with Crippen LogP contribution in [-0.4, -0.2) is 56.3 Å². The zero-order chi connectivity index (χ0) is 27.8. The van der Waals surface area contributed by atoms with Crippen molar-refractivity contribution in [3.8, 4) is 23.0 Å². The minimum atomic E-state index is -1.09. The predicted molar refractivity (Wildman–Crippen MR) is 146 cm³/mol. The third-order valence-corrected chi connectivity index (χ3v) is 6.81. The van der Waals surface area contributed by atoms with Crippen LogP contribution in [-0.2, 0) is 4.79 Å². The van der Waals surface area contributed by atoms with Gasteiger partial charge in [-0.25, -0.2) is 4.98 Å². The molecule has 206 valence electrons. The highest BCUT2D eigenvalue weighted by atomic mass is 16.5. The maximum Gasteiger partial charge on any atom is 0.279 e. The van der Waals surface area contributed by atoms with E-state index in [1.165, 1.54) is 44.8 Å². The number of nitrogens with zero attached hydrogens (tertiary/aromatic N) is 3. The normalized spacial score (nSPS) is 14.2. The van der Waals surface area contributed by atoms with Gasteiger partial charge in [-0.3, -0.25) is 19.5 Å². The maximum absolute atomic E-state index is 14.2. The zero-order valence-corrected chi connectivity index (χ0v) is 22.7. The van der Waals surface area contributed by atoms with E-state index < -0.39 is 11.9 Å². The summed E-state index contributed by atoms with van der Waals surface area (Å²) in [6.07, 6.45) is 9.30. The molecule has 0 saturated heterocycles. The monoisotopic (exact) mass is 534 g/mol. The molecule has 1 saturated carbocycles. The second-order valence-electron chi connectivity index (χ2n) is 9.17. The number of carbonyl (C=O) groups is 2. The van der Waals surface area contributed by atoms with Crippen LogP contribution in [0.15, 0.2) is 55.0 Å². The molecule has 0 bridgehead atoms. The topological polar surface area (TPSA) is 112 Å². The van der Waals surface area contributed by atoms with Crippen molar-refractivity contribution in [3.63, 3.8) is 0 Å². The van der Waals surface area contributed by atoms with Crippen molar-refractivity contribution in [2.45, 2.75) is 44.2 Å². The molecule has 1 heterocycles. The quantitative estimate of drug-likeness (QED) is 0.409. The Morgan fingerprint density at radius 3 is 2.10 bits per heavy atom. The van der Waals surface area contributed by atoms with Crippen LogP contribution in [0.2, 0.25) is 0 Å². The number of anilines is 1. The molecular weight excluding hydrogens is 500 g/mol. The molecule has 1 fully saturated rings. The van der Waals surface area contributed by atoms with Gasteiger partial charge in [0.15, 0.2) is 11.5 Å². The van der Waals surface area contributed by atoms with E-state index >= 15 is 0 Å². The van der Waals surface area contributed by atoms with E-state index in [1.54, 1.807) is 43.5 Å². The van der Waals surface area contributed by atoms with Crippen molar-refractivity contribution in [2.75, 3.05) is 33.3 Å². The summed E-state index contributed by atoms with van der Waals surface area (Å²) in [6.45, 7) is 0. The second-order valence-corrected chi connectivity index (χ2v) is 9.17. The maximum atomic E-state index is 14.2. The van der Waals surface area contributed by atoms with Gasteiger partial charge >= 0.3 is 0 Å². The van der Waals surface area contributed by atoms with E-state index in [4.69, 9.17) is 18.9 Å². The molecule has 0 spiro atoms. The number of hydrogen-bond donors (Lipinski definition) is 1. The Labute approximate surface area is 228 Å². The average Bonchev–Trinajstić information content (AvgIpc) is 2.99. The molecule has 39 heavy (non-hydrogen) atoms. The summed E-state index contributed by atoms with van der Waals surface area (Å²) in [7, 11) is 6.08. The Kier molecular flexibility index (Phi) is 9.19. The van der Waals surface area contributed by atoms with Gasteiger partial charge in [0.2, 0.25) is 11.7 Å². The molecule has 4 rings (SSSR count). The second kappa shape index (κ2) is 12.9.